The first-order valence-corrected chi connectivity index (χ1v) is 7.89. The second kappa shape index (κ2) is 8.94. The number of phenolic OH excluding ortho intramolecular Hbond substituents is 1. The van der Waals surface area contributed by atoms with Gasteiger partial charge < -0.3 is 19.9 Å². The highest BCUT2D eigenvalue weighted by Gasteiger charge is 2.22. The lowest BCUT2D eigenvalue weighted by Gasteiger charge is -2.16. The van der Waals surface area contributed by atoms with Crippen molar-refractivity contribution < 1.29 is 24.2 Å². The van der Waals surface area contributed by atoms with Gasteiger partial charge in [-0.25, -0.2) is 9.59 Å². The van der Waals surface area contributed by atoms with Gasteiger partial charge in [0.05, 0.1) is 7.11 Å². The molecule has 6 nitrogen and oxygen atoms in total. The zero-order valence-corrected chi connectivity index (χ0v) is 14.3. The average molecular weight is 364 g/mol. The Bertz CT molecular complexity index is 715. The minimum absolute atomic E-state index is 0.0517. The van der Waals surface area contributed by atoms with Crippen molar-refractivity contribution in [1.82, 2.24) is 5.32 Å². The molecule has 0 saturated carbocycles. The van der Waals surface area contributed by atoms with Crippen LogP contribution in [0.1, 0.15) is 11.1 Å². The van der Waals surface area contributed by atoms with E-state index < -0.39 is 18.1 Å². The Kier molecular flexibility index (Phi) is 6.65. The minimum Gasteiger partial charge on any atom is -0.508 e. The number of methoxy groups -OCH3 is 1. The van der Waals surface area contributed by atoms with Crippen LogP contribution in [-0.2, 0) is 27.3 Å². The SMILES string of the molecule is COC(=O)C(Cc1ccc(O)cc1)NC(=O)OCc1ccc(Cl)cc1. The summed E-state index contributed by atoms with van der Waals surface area (Å²) in [5.41, 5.74) is 1.53. The fraction of sp³-hybridized carbons (Fsp3) is 0.222. The van der Waals surface area contributed by atoms with Crippen LogP contribution in [0.15, 0.2) is 48.5 Å². The lowest BCUT2D eigenvalue weighted by molar-refractivity contribution is -0.143. The van der Waals surface area contributed by atoms with Crippen molar-refractivity contribution in [3.63, 3.8) is 0 Å². The molecule has 0 heterocycles. The number of nitrogens with one attached hydrogen (secondary N) is 1. The van der Waals surface area contributed by atoms with Gasteiger partial charge in [0.15, 0.2) is 0 Å². The maximum atomic E-state index is 12.0. The summed E-state index contributed by atoms with van der Waals surface area (Å²) in [4.78, 5) is 23.8. The molecule has 2 N–H and O–H groups in total. The Hall–Kier alpha value is -2.73. The van der Waals surface area contributed by atoms with Crippen LogP contribution in [0, 0.1) is 0 Å². The van der Waals surface area contributed by atoms with E-state index in [-0.39, 0.29) is 18.8 Å². The second-order valence-corrected chi connectivity index (χ2v) is 5.73. The molecule has 2 aromatic rings. The number of aromatic hydroxyl groups is 1. The molecule has 0 aliphatic rings. The van der Waals surface area contributed by atoms with Crippen LogP contribution in [-0.4, -0.2) is 30.3 Å². The molecule has 0 aliphatic heterocycles. The molecule has 2 rings (SSSR count). The third kappa shape index (κ3) is 6.00. The fourth-order valence-corrected chi connectivity index (χ4v) is 2.24. The number of esters is 1. The minimum atomic E-state index is -0.896. The Morgan fingerprint density at radius 1 is 1.08 bits per heavy atom. The third-order valence-corrected chi connectivity index (χ3v) is 3.69. The first kappa shape index (κ1) is 18.6. The van der Waals surface area contributed by atoms with Crippen molar-refractivity contribution >= 4 is 23.7 Å². The monoisotopic (exact) mass is 363 g/mol. The lowest BCUT2D eigenvalue weighted by Crippen LogP contribution is -2.43. The number of amides is 1. The van der Waals surface area contributed by atoms with Gasteiger partial charge >= 0.3 is 12.1 Å². The standard InChI is InChI=1S/C18H18ClNO5/c1-24-17(22)16(10-12-4-8-15(21)9-5-12)20-18(23)25-11-13-2-6-14(19)7-3-13/h2-9,16,21H,10-11H2,1H3,(H,20,23). The Balaban J connectivity index is 1.93. The number of halogens is 1. The van der Waals surface area contributed by atoms with Gasteiger partial charge in [0, 0.05) is 11.4 Å². The largest absolute Gasteiger partial charge is 0.508 e. The van der Waals surface area contributed by atoms with E-state index >= 15 is 0 Å². The predicted octanol–water partition coefficient (Wildman–Crippen LogP) is 3.06. The van der Waals surface area contributed by atoms with Crippen molar-refractivity contribution in [2.75, 3.05) is 7.11 Å². The van der Waals surface area contributed by atoms with Crippen LogP contribution in [0.4, 0.5) is 4.79 Å². The molecule has 132 valence electrons. The summed E-state index contributed by atoms with van der Waals surface area (Å²) >= 11 is 5.79. The fourth-order valence-electron chi connectivity index (χ4n) is 2.12. The molecule has 1 atom stereocenters. The van der Waals surface area contributed by atoms with E-state index in [9.17, 15) is 14.7 Å². The molecular weight excluding hydrogens is 346 g/mol. The summed E-state index contributed by atoms with van der Waals surface area (Å²) in [6.07, 6.45) is -0.521. The van der Waals surface area contributed by atoms with Gasteiger partial charge in [-0.3, -0.25) is 0 Å². The summed E-state index contributed by atoms with van der Waals surface area (Å²) in [6.45, 7) is 0.0517. The highest BCUT2D eigenvalue weighted by molar-refractivity contribution is 6.30. The van der Waals surface area contributed by atoms with Gasteiger partial charge in [-0.1, -0.05) is 35.9 Å². The van der Waals surface area contributed by atoms with Gasteiger partial charge in [-0.05, 0) is 35.4 Å². The molecule has 0 saturated heterocycles. The zero-order chi connectivity index (χ0) is 18.2. The molecular formula is C18H18ClNO5. The van der Waals surface area contributed by atoms with Crippen molar-refractivity contribution in [1.29, 1.82) is 0 Å². The number of rotatable bonds is 6. The summed E-state index contributed by atoms with van der Waals surface area (Å²) in [7, 11) is 1.24. The summed E-state index contributed by atoms with van der Waals surface area (Å²) in [5.74, 6) is -0.467. The first-order valence-electron chi connectivity index (χ1n) is 7.51. The Morgan fingerprint density at radius 2 is 1.68 bits per heavy atom. The molecule has 7 heteroatoms. The number of phenols is 1. The van der Waals surface area contributed by atoms with Gasteiger partial charge in [0.1, 0.15) is 18.4 Å². The summed E-state index contributed by atoms with van der Waals surface area (Å²) < 4.78 is 9.82. The van der Waals surface area contributed by atoms with Crippen molar-refractivity contribution in [2.24, 2.45) is 0 Å². The lowest BCUT2D eigenvalue weighted by atomic mass is 10.1. The van der Waals surface area contributed by atoms with Crippen LogP contribution < -0.4 is 5.32 Å². The number of hydrogen-bond acceptors (Lipinski definition) is 5. The van der Waals surface area contributed by atoms with E-state index in [2.05, 4.69) is 5.32 Å². The molecule has 0 bridgehead atoms. The Labute approximate surface area is 150 Å². The van der Waals surface area contributed by atoms with Crippen molar-refractivity contribution in [3.05, 3.63) is 64.7 Å². The van der Waals surface area contributed by atoms with E-state index in [4.69, 9.17) is 21.1 Å². The molecule has 0 fully saturated rings. The number of ether oxygens (including phenoxy) is 2. The van der Waals surface area contributed by atoms with E-state index in [0.29, 0.717) is 5.02 Å². The number of hydrogen-bond donors (Lipinski definition) is 2. The van der Waals surface area contributed by atoms with E-state index in [1.54, 1.807) is 36.4 Å². The number of benzene rings is 2. The van der Waals surface area contributed by atoms with Crippen LogP contribution in [0.3, 0.4) is 0 Å². The molecule has 0 radical (unpaired) electrons. The van der Waals surface area contributed by atoms with Crippen molar-refractivity contribution in [2.45, 2.75) is 19.1 Å². The smallest absolute Gasteiger partial charge is 0.408 e. The maximum Gasteiger partial charge on any atom is 0.408 e. The molecule has 0 aromatic heterocycles. The third-order valence-electron chi connectivity index (χ3n) is 3.44. The highest BCUT2D eigenvalue weighted by atomic mass is 35.5. The number of carbonyl (C=O) groups excluding carboxylic acids is 2. The zero-order valence-electron chi connectivity index (χ0n) is 13.6. The highest BCUT2D eigenvalue weighted by Crippen LogP contribution is 2.13. The van der Waals surface area contributed by atoms with Gasteiger partial charge in [-0.2, -0.15) is 0 Å². The quantitative estimate of drug-likeness (QED) is 0.770. The van der Waals surface area contributed by atoms with E-state index in [0.717, 1.165) is 11.1 Å². The molecule has 2 aromatic carbocycles. The normalized spacial score (nSPS) is 11.4. The van der Waals surface area contributed by atoms with Gasteiger partial charge in [-0.15, -0.1) is 0 Å². The summed E-state index contributed by atoms with van der Waals surface area (Å²) in [5, 5.41) is 12.4. The predicted molar refractivity (Wildman–Crippen MR) is 92.4 cm³/mol. The Morgan fingerprint density at radius 3 is 2.28 bits per heavy atom. The van der Waals surface area contributed by atoms with Crippen LogP contribution in [0.25, 0.3) is 0 Å². The van der Waals surface area contributed by atoms with Gasteiger partial charge in [0.25, 0.3) is 0 Å². The van der Waals surface area contributed by atoms with Crippen LogP contribution in [0.5, 0.6) is 5.75 Å². The first-order chi connectivity index (χ1) is 12.0. The number of alkyl carbamates (subject to hydrolysis) is 1. The molecule has 25 heavy (non-hydrogen) atoms. The van der Waals surface area contributed by atoms with Crippen molar-refractivity contribution in [3.8, 4) is 5.75 Å². The van der Waals surface area contributed by atoms with E-state index in [1.807, 2.05) is 0 Å². The topological polar surface area (TPSA) is 84.9 Å². The summed E-state index contributed by atoms with van der Waals surface area (Å²) in [6, 6.07) is 12.3. The van der Waals surface area contributed by atoms with Crippen LogP contribution in [0.2, 0.25) is 5.02 Å². The molecule has 0 aliphatic carbocycles. The average Bonchev–Trinajstić information content (AvgIpc) is 2.62. The molecule has 1 amide bonds. The second-order valence-electron chi connectivity index (χ2n) is 5.29. The van der Waals surface area contributed by atoms with E-state index in [1.165, 1.54) is 19.2 Å². The maximum absolute atomic E-state index is 12.0. The van der Waals surface area contributed by atoms with Gasteiger partial charge in [0.2, 0.25) is 0 Å². The molecule has 1 unspecified atom stereocenters. The van der Waals surface area contributed by atoms with Crippen LogP contribution >= 0.6 is 11.6 Å². The number of carbonyl (C=O) groups is 2. The molecule has 0 spiro atoms.